The molecule has 4 heterocycles. The van der Waals surface area contributed by atoms with E-state index in [9.17, 15) is 10.5 Å². The molecule has 5 rings (SSSR count). The molecule has 0 spiro atoms. The first-order valence-corrected chi connectivity index (χ1v) is 13.6. The van der Waals surface area contributed by atoms with Crippen molar-refractivity contribution in [2.75, 3.05) is 14.2 Å². The number of rotatable bonds is 6. The SMILES string of the molecule is COc1nc(-c2sccc2Cl)cc(-c2ccc(-c3cc(-c4sccc4Cl)nc(OC)c3C#N)cc2)c1C#N. The predicted molar refractivity (Wildman–Crippen MR) is 152 cm³/mol. The van der Waals surface area contributed by atoms with Crippen molar-refractivity contribution in [1.82, 2.24) is 9.97 Å². The van der Waals surface area contributed by atoms with Gasteiger partial charge in [0.15, 0.2) is 0 Å². The highest BCUT2D eigenvalue weighted by atomic mass is 35.5. The summed E-state index contributed by atoms with van der Waals surface area (Å²) in [5.41, 5.74) is 4.73. The summed E-state index contributed by atoms with van der Waals surface area (Å²) in [6, 6.07) is 19.2. The number of ether oxygens (including phenoxy) is 2. The van der Waals surface area contributed by atoms with Crippen LogP contribution >= 0.6 is 45.9 Å². The molecule has 0 aliphatic carbocycles. The number of benzene rings is 1. The molecule has 0 N–H and O–H groups in total. The summed E-state index contributed by atoms with van der Waals surface area (Å²) in [5.74, 6) is 0.438. The van der Waals surface area contributed by atoms with Crippen LogP contribution in [0.2, 0.25) is 10.0 Å². The Hall–Kier alpha value is -3.92. The van der Waals surface area contributed by atoms with E-state index in [1.165, 1.54) is 36.9 Å². The lowest BCUT2D eigenvalue weighted by Gasteiger charge is -2.13. The van der Waals surface area contributed by atoms with Crippen LogP contribution in [0.4, 0.5) is 0 Å². The van der Waals surface area contributed by atoms with Crippen LogP contribution in [0.5, 0.6) is 11.8 Å². The van der Waals surface area contributed by atoms with Crippen LogP contribution in [-0.2, 0) is 0 Å². The third kappa shape index (κ3) is 4.60. The molecule has 0 amide bonds. The maximum absolute atomic E-state index is 9.91. The van der Waals surface area contributed by atoms with Gasteiger partial charge in [-0.05, 0) is 46.2 Å². The second-order valence-corrected chi connectivity index (χ2v) is 10.5. The zero-order chi connectivity index (χ0) is 26.8. The van der Waals surface area contributed by atoms with Gasteiger partial charge in [0, 0.05) is 11.1 Å². The van der Waals surface area contributed by atoms with E-state index in [2.05, 4.69) is 22.1 Å². The zero-order valence-corrected chi connectivity index (χ0v) is 23.1. The van der Waals surface area contributed by atoms with Crippen molar-refractivity contribution in [2.45, 2.75) is 0 Å². The molecule has 0 bridgehead atoms. The summed E-state index contributed by atoms with van der Waals surface area (Å²) in [6.07, 6.45) is 0. The van der Waals surface area contributed by atoms with Crippen molar-refractivity contribution in [3.8, 4) is 67.3 Å². The molecule has 6 nitrogen and oxygen atoms in total. The molecule has 186 valence electrons. The maximum atomic E-state index is 9.91. The number of nitrogens with zero attached hydrogens (tertiary/aromatic N) is 4. The molecule has 0 atom stereocenters. The fourth-order valence-electron chi connectivity index (χ4n) is 4.03. The first kappa shape index (κ1) is 25.7. The van der Waals surface area contributed by atoms with Gasteiger partial charge in [0.1, 0.15) is 23.3 Å². The minimum Gasteiger partial charge on any atom is -0.480 e. The molecule has 4 aromatic heterocycles. The number of hydrogen-bond donors (Lipinski definition) is 0. The van der Waals surface area contributed by atoms with Crippen molar-refractivity contribution >= 4 is 45.9 Å². The predicted octanol–water partition coefficient (Wildman–Crippen LogP) is 8.33. The van der Waals surface area contributed by atoms with Crippen LogP contribution < -0.4 is 9.47 Å². The Morgan fingerprint density at radius 3 is 1.37 bits per heavy atom. The second kappa shape index (κ2) is 10.8. The Balaban J connectivity index is 1.64. The highest BCUT2D eigenvalue weighted by molar-refractivity contribution is 7.14. The summed E-state index contributed by atoms with van der Waals surface area (Å²) < 4.78 is 10.9. The highest BCUT2D eigenvalue weighted by Crippen LogP contribution is 2.40. The van der Waals surface area contributed by atoms with Gasteiger partial charge in [-0.1, -0.05) is 47.5 Å². The second-order valence-electron chi connectivity index (χ2n) is 7.87. The molecule has 0 aliphatic heterocycles. The van der Waals surface area contributed by atoms with Crippen LogP contribution in [0, 0.1) is 22.7 Å². The van der Waals surface area contributed by atoms with Gasteiger partial charge in [-0.25, -0.2) is 9.97 Å². The van der Waals surface area contributed by atoms with Gasteiger partial charge in [-0.15, -0.1) is 22.7 Å². The monoisotopic (exact) mass is 574 g/mol. The lowest BCUT2D eigenvalue weighted by Crippen LogP contribution is -1.98. The van der Waals surface area contributed by atoms with Gasteiger partial charge < -0.3 is 9.47 Å². The molecule has 38 heavy (non-hydrogen) atoms. The Bertz CT molecular complexity index is 1620. The van der Waals surface area contributed by atoms with Crippen molar-refractivity contribution in [3.63, 3.8) is 0 Å². The Morgan fingerprint density at radius 2 is 1.08 bits per heavy atom. The fraction of sp³-hybridized carbons (Fsp3) is 0.0714. The van der Waals surface area contributed by atoms with E-state index in [4.69, 9.17) is 32.7 Å². The zero-order valence-electron chi connectivity index (χ0n) is 20.0. The van der Waals surface area contributed by atoms with E-state index in [-0.39, 0.29) is 11.8 Å². The molecule has 0 unspecified atom stereocenters. The van der Waals surface area contributed by atoms with Gasteiger partial charge >= 0.3 is 0 Å². The summed E-state index contributed by atoms with van der Waals surface area (Å²) in [5, 5.41) is 24.7. The van der Waals surface area contributed by atoms with Crippen molar-refractivity contribution in [3.05, 3.63) is 80.5 Å². The number of thiophene rings is 2. The minimum atomic E-state index is 0.219. The van der Waals surface area contributed by atoms with E-state index in [0.29, 0.717) is 43.7 Å². The Kier molecular flexibility index (Phi) is 7.33. The minimum absolute atomic E-state index is 0.219. The summed E-state index contributed by atoms with van der Waals surface area (Å²) in [4.78, 5) is 10.6. The smallest absolute Gasteiger partial charge is 0.232 e. The van der Waals surface area contributed by atoms with Gasteiger partial charge in [-0.2, -0.15) is 10.5 Å². The van der Waals surface area contributed by atoms with Crippen LogP contribution in [-0.4, -0.2) is 24.2 Å². The molecule has 0 saturated carbocycles. The largest absolute Gasteiger partial charge is 0.480 e. The van der Waals surface area contributed by atoms with Crippen LogP contribution in [0.15, 0.2) is 59.3 Å². The van der Waals surface area contributed by atoms with Crippen LogP contribution in [0.1, 0.15) is 11.1 Å². The topological polar surface area (TPSA) is 91.8 Å². The molecule has 0 aliphatic rings. The number of nitriles is 2. The van der Waals surface area contributed by atoms with Gasteiger partial charge in [0.2, 0.25) is 11.8 Å². The number of pyridine rings is 2. The summed E-state index contributed by atoms with van der Waals surface area (Å²) >= 11 is 15.6. The first-order valence-electron chi connectivity index (χ1n) is 11.0. The van der Waals surface area contributed by atoms with E-state index >= 15 is 0 Å². The van der Waals surface area contributed by atoms with Gasteiger partial charge in [0.25, 0.3) is 0 Å². The molecule has 0 saturated heterocycles. The quantitative estimate of drug-likeness (QED) is 0.202. The van der Waals surface area contributed by atoms with Crippen LogP contribution in [0.25, 0.3) is 43.4 Å². The van der Waals surface area contributed by atoms with E-state index < -0.39 is 0 Å². The average Bonchev–Trinajstić information content (AvgIpc) is 3.59. The van der Waals surface area contributed by atoms with Crippen molar-refractivity contribution in [2.24, 2.45) is 0 Å². The molecular formula is C28H16Cl2N4O2S2. The third-order valence-electron chi connectivity index (χ3n) is 5.79. The standard InChI is InChI=1S/C28H16Cl2N4O2S2/c1-35-27-19(13-31)17(11-23(33-27)25-21(29)7-9-37-25)15-3-5-16(6-4-15)18-12-24(26-22(30)8-10-38-26)34-28(36-2)20(18)14-32/h3-12H,1-2H3. The first-order chi connectivity index (χ1) is 18.5. The number of halogens is 2. The Morgan fingerprint density at radius 1 is 0.684 bits per heavy atom. The Labute approximate surface area is 236 Å². The van der Waals surface area contributed by atoms with E-state index in [1.54, 1.807) is 12.1 Å². The average molecular weight is 576 g/mol. The molecule has 10 heteroatoms. The molecule has 0 radical (unpaired) electrons. The molecule has 5 aromatic rings. The third-order valence-corrected chi connectivity index (χ3v) is 8.52. The molecular weight excluding hydrogens is 559 g/mol. The maximum Gasteiger partial charge on any atom is 0.232 e. The van der Waals surface area contributed by atoms with Gasteiger partial charge in [0.05, 0.1) is 45.4 Å². The van der Waals surface area contributed by atoms with Crippen molar-refractivity contribution in [1.29, 1.82) is 10.5 Å². The summed E-state index contributed by atoms with van der Waals surface area (Å²) in [7, 11) is 2.96. The number of hydrogen-bond acceptors (Lipinski definition) is 8. The lowest BCUT2D eigenvalue weighted by molar-refractivity contribution is 0.397. The van der Waals surface area contributed by atoms with Gasteiger partial charge in [-0.3, -0.25) is 0 Å². The van der Waals surface area contributed by atoms with E-state index in [1.807, 2.05) is 47.2 Å². The molecule has 0 fully saturated rings. The normalized spacial score (nSPS) is 10.6. The summed E-state index contributed by atoms with van der Waals surface area (Å²) in [6.45, 7) is 0. The van der Waals surface area contributed by atoms with Crippen molar-refractivity contribution < 1.29 is 9.47 Å². The fourth-order valence-corrected chi connectivity index (χ4v) is 6.25. The number of aromatic nitrogens is 2. The van der Waals surface area contributed by atoms with Crippen LogP contribution in [0.3, 0.4) is 0 Å². The number of methoxy groups -OCH3 is 2. The lowest BCUT2D eigenvalue weighted by atomic mass is 9.95. The molecule has 1 aromatic carbocycles. The highest BCUT2D eigenvalue weighted by Gasteiger charge is 2.20. The van der Waals surface area contributed by atoms with E-state index in [0.717, 1.165) is 20.9 Å².